The molecule has 0 aromatic heterocycles. The topological polar surface area (TPSA) is 6.25 Å². The Morgan fingerprint density at radius 2 is 1.44 bits per heavy atom. The van der Waals surface area contributed by atoms with Gasteiger partial charge in [-0.15, -0.1) is 0 Å². The lowest BCUT2D eigenvalue weighted by atomic mass is 9.88. The van der Waals surface area contributed by atoms with E-state index >= 15 is 0 Å². The van der Waals surface area contributed by atoms with Crippen LogP contribution in [-0.4, -0.2) is 23.0 Å². The van der Waals surface area contributed by atoms with Gasteiger partial charge in [0.25, 0.3) is 0 Å². The molecule has 0 saturated heterocycles. The van der Waals surface area contributed by atoms with Gasteiger partial charge in [-0.3, -0.25) is 0 Å². The van der Waals surface area contributed by atoms with Crippen molar-refractivity contribution in [3.63, 3.8) is 0 Å². The first-order valence-corrected chi connectivity index (χ1v) is 10.7. The number of nitrogens with zero attached hydrogens (tertiary/aromatic N) is 2. The predicted molar refractivity (Wildman–Crippen MR) is 116 cm³/mol. The van der Waals surface area contributed by atoms with E-state index in [4.69, 9.17) is 0 Å². The van der Waals surface area contributed by atoms with E-state index in [9.17, 15) is 0 Å². The maximum atomic E-state index is 2.59. The van der Waals surface area contributed by atoms with Crippen molar-refractivity contribution in [3.8, 4) is 0 Å². The number of hydrogen-bond acceptors (Lipinski definition) is 1. The first kappa shape index (κ1) is 18.3. The summed E-state index contributed by atoms with van der Waals surface area (Å²) < 4.78 is 2.59. The third-order valence-electron chi connectivity index (χ3n) is 6.33. The lowest BCUT2D eigenvalue weighted by Crippen LogP contribution is -2.41. The molecule has 2 heteroatoms. The molecule has 142 valence electrons. The zero-order valence-corrected chi connectivity index (χ0v) is 17.2. The molecule has 1 saturated carbocycles. The van der Waals surface area contributed by atoms with Crippen LogP contribution in [0.15, 0.2) is 48.5 Å². The van der Waals surface area contributed by atoms with Crippen LogP contribution in [0.5, 0.6) is 0 Å². The summed E-state index contributed by atoms with van der Waals surface area (Å²) in [6.07, 6.45) is 7.68. The van der Waals surface area contributed by atoms with E-state index < -0.39 is 0 Å². The van der Waals surface area contributed by atoms with Crippen LogP contribution >= 0.6 is 0 Å². The van der Waals surface area contributed by atoms with Crippen LogP contribution < -0.4 is 4.90 Å². The van der Waals surface area contributed by atoms with Crippen LogP contribution in [0.4, 0.5) is 11.4 Å². The van der Waals surface area contributed by atoms with Gasteiger partial charge in [-0.2, -0.15) is 0 Å². The Morgan fingerprint density at radius 1 is 0.815 bits per heavy atom. The highest BCUT2D eigenvalue weighted by Crippen LogP contribution is 2.39. The Hall–Kier alpha value is -2.09. The van der Waals surface area contributed by atoms with Gasteiger partial charge >= 0.3 is 0 Å². The highest BCUT2D eigenvalue weighted by Gasteiger charge is 2.45. The summed E-state index contributed by atoms with van der Waals surface area (Å²) in [6, 6.07) is 19.1. The highest BCUT2D eigenvalue weighted by molar-refractivity contribution is 5.81. The lowest BCUT2D eigenvalue weighted by molar-refractivity contribution is -0.477. The molecule has 4 rings (SSSR count). The van der Waals surface area contributed by atoms with E-state index in [1.54, 1.807) is 0 Å². The SMILES string of the molecule is CC(C)c1ccccc1N1C=[N+](c2ccccc2C(C)C)C2CCCCC21. The van der Waals surface area contributed by atoms with Gasteiger partial charge in [0.1, 0.15) is 23.5 Å². The van der Waals surface area contributed by atoms with Crippen molar-refractivity contribution in [1.82, 2.24) is 0 Å². The molecule has 2 aromatic carbocycles. The molecule has 2 nitrogen and oxygen atoms in total. The van der Waals surface area contributed by atoms with Gasteiger partial charge in [-0.25, -0.2) is 9.48 Å². The van der Waals surface area contributed by atoms with E-state index in [1.807, 2.05) is 0 Å². The molecule has 27 heavy (non-hydrogen) atoms. The summed E-state index contributed by atoms with van der Waals surface area (Å²) in [4.78, 5) is 2.59. The second-order valence-corrected chi connectivity index (χ2v) is 8.78. The average Bonchev–Trinajstić information content (AvgIpc) is 3.07. The molecule has 1 aliphatic heterocycles. The number of rotatable bonds is 4. The van der Waals surface area contributed by atoms with Crippen LogP contribution in [0.3, 0.4) is 0 Å². The molecule has 1 heterocycles. The third-order valence-corrected chi connectivity index (χ3v) is 6.33. The Labute approximate surface area is 164 Å². The molecule has 0 spiro atoms. The predicted octanol–water partition coefficient (Wildman–Crippen LogP) is 6.44. The van der Waals surface area contributed by atoms with Crippen molar-refractivity contribution in [2.24, 2.45) is 0 Å². The molecule has 0 amide bonds. The standard InChI is InChI=1S/C25H33N2/c1-18(2)20-11-5-7-13-22(20)26-17-27(25-16-10-9-15-24(25)26)23-14-8-6-12-21(23)19(3)4/h5-8,11-14,17-19,24-25H,9-10,15-16H2,1-4H3/q+1. The summed E-state index contributed by atoms with van der Waals surface area (Å²) >= 11 is 0. The van der Waals surface area contributed by atoms with Gasteiger partial charge in [-0.05, 0) is 49.7 Å². The first-order valence-electron chi connectivity index (χ1n) is 10.7. The summed E-state index contributed by atoms with van der Waals surface area (Å²) in [7, 11) is 0. The molecule has 2 unspecified atom stereocenters. The van der Waals surface area contributed by atoms with Crippen molar-refractivity contribution >= 4 is 17.7 Å². The molecule has 1 aliphatic carbocycles. The van der Waals surface area contributed by atoms with Crippen molar-refractivity contribution in [3.05, 3.63) is 59.7 Å². The van der Waals surface area contributed by atoms with Gasteiger partial charge in [0, 0.05) is 11.1 Å². The van der Waals surface area contributed by atoms with Crippen molar-refractivity contribution < 1.29 is 4.58 Å². The fraction of sp³-hybridized carbons (Fsp3) is 0.480. The maximum absolute atomic E-state index is 2.59. The third kappa shape index (κ3) is 3.31. The molecule has 2 atom stereocenters. The molecule has 2 aromatic rings. The minimum atomic E-state index is 0.536. The number of hydrogen-bond donors (Lipinski definition) is 0. The molecule has 2 aliphatic rings. The van der Waals surface area contributed by atoms with Crippen LogP contribution in [0.2, 0.25) is 0 Å². The molecular weight excluding hydrogens is 328 g/mol. The van der Waals surface area contributed by atoms with Gasteiger partial charge in [-0.1, -0.05) is 64.1 Å². The van der Waals surface area contributed by atoms with E-state index in [2.05, 4.69) is 92.0 Å². The van der Waals surface area contributed by atoms with Crippen molar-refractivity contribution in [1.29, 1.82) is 0 Å². The minimum absolute atomic E-state index is 0.536. The Bertz CT molecular complexity index is 834. The van der Waals surface area contributed by atoms with E-state index in [0.29, 0.717) is 23.9 Å². The fourth-order valence-electron chi connectivity index (χ4n) is 4.95. The van der Waals surface area contributed by atoms with E-state index in [0.717, 1.165) is 0 Å². The lowest BCUT2D eigenvalue weighted by Gasteiger charge is -2.28. The Kier molecular flexibility index (Phi) is 5.08. The number of para-hydroxylation sites is 2. The van der Waals surface area contributed by atoms with Gasteiger partial charge in [0.05, 0.1) is 0 Å². The van der Waals surface area contributed by atoms with Crippen LogP contribution in [0.1, 0.15) is 76.3 Å². The second kappa shape index (κ2) is 7.50. The zero-order chi connectivity index (χ0) is 19.0. The van der Waals surface area contributed by atoms with Crippen molar-refractivity contribution in [2.75, 3.05) is 4.90 Å². The van der Waals surface area contributed by atoms with Gasteiger partial charge < -0.3 is 0 Å². The summed E-state index contributed by atoms with van der Waals surface area (Å²) in [5.74, 6) is 1.07. The maximum Gasteiger partial charge on any atom is 0.245 e. The smallest absolute Gasteiger partial charge is 0.226 e. The second-order valence-electron chi connectivity index (χ2n) is 8.78. The summed E-state index contributed by atoms with van der Waals surface area (Å²) in [5.41, 5.74) is 5.71. The summed E-state index contributed by atoms with van der Waals surface area (Å²) in [6.45, 7) is 9.22. The number of fused-ring (bicyclic) bond motifs is 1. The van der Waals surface area contributed by atoms with Crippen LogP contribution in [-0.2, 0) is 0 Å². The van der Waals surface area contributed by atoms with Crippen LogP contribution in [0.25, 0.3) is 0 Å². The zero-order valence-electron chi connectivity index (χ0n) is 17.2. The number of benzene rings is 2. The average molecular weight is 362 g/mol. The molecular formula is C25H33N2+. The summed E-state index contributed by atoms with van der Waals surface area (Å²) in [5, 5.41) is 0. The molecule has 0 bridgehead atoms. The largest absolute Gasteiger partial charge is 0.245 e. The molecule has 0 N–H and O–H groups in total. The Morgan fingerprint density at radius 3 is 2.19 bits per heavy atom. The molecule has 0 radical (unpaired) electrons. The minimum Gasteiger partial charge on any atom is -0.226 e. The van der Waals surface area contributed by atoms with E-state index in [-0.39, 0.29) is 0 Å². The fourth-order valence-corrected chi connectivity index (χ4v) is 4.95. The monoisotopic (exact) mass is 361 g/mol. The van der Waals surface area contributed by atoms with Gasteiger partial charge in [0.15, 0.2) is 0 Å². The first-order chi connectivity index (χ1) is 13.1. The normalized spacial score (nSPS) is 22.3. The molecule has 1 fully saturated rings. The van der Waals surface area contributed by atoms with Crippen LogP contribution in [0, 0.1) is 0 Å². The van der Waals surface area contributed by atoms with Crippen molar-refractivity contribution in [2.45, 2.75) is 77.3 Å². The van der Waals surface area contributed by atoms with Gasteiger partial charge in [0.2, 0.25) is 6.34 Å². The number of anilines is 1. The quantitative estimate of drug-likeness (QED) is 0.568. The highest BCUT2D eigenvalue weighted by atomic mass is 15.3. The Balaban J connectivity index is 1.83. The van der Waals surface area contributed by atoms with E-state index in [1.165, 1.54) is 48.2 Å².